The minimum absolute atomic E-state index is 0.458. The lowest BCUT2D eigenvalue weighted by molar-refractivity contribution is -0.112. The maximum absolute atomic E-state index is 12.1. The van der Waals surface area contributed by atoms with Gasteiger partial charge in [-0.25, -0.2) is 4.98 Å². The lowest BCUT2D eigenvalue weighted by Crippen LogP contribution is -2.12. The summed E-state index contributed by atoms with van der Waals surface area (Å²) in [6.07, 6.45) is 5.41. The molecule has 2 aromatic heterocycles. The van der Waals surface area contributed by atoms with Gasteiger partial charge in [0.25, 0.3) is 0 Å². The number of primary amides is 1. The summed E-state index contributed by atoms with van der Waals surface area (Å²) in [6.45, 7) is 0.690. The molecular formula is C23H20N4O. The van der Waals surface area contributed by atoms with Crippen molar-refractivity contribution in [2.75, 3.05) is 5.32 Å². The Labute approximate surface area is 162 Å². The number of nitrogens with two attached hydrogens (primary N) is 1. The minimum Gasteiger partial charge on any atom is -0.380 e. The first kappa shape index (κ1) is 17.5. The number of amides is 1. The molecule has 4 N–H and O–H groups in total. The summed E-state index contributed by atoms with van der Waals surface area (Å²) in [4.78, 5) is 19.6. The van der Waals surface area contributed by atoms with E-state index in [1.54, 1.807) is 6.20 Å². The van der Waals surface area contributed by atoms with Gasteiger partial charge in [-0.2, -0.15) is 0 Å². The Hall–Kier alpha value is -3.86. The molecule has 138 valence electrons. The number of hydrogen-bond acceptors (Lipinski definition) is 3. The van der Waals surface area contributed by atoms with Crippen LogP contribution in [-0.4, -0.2) is 15.9 Å². The van der Waals surface area contributed by atoms with Gasteiger partial charge in [0.15, 0.2) is 0 Å². The molecule has 2 heterocycles. The van der Waals surface area contributed by atoms with Crippen LogP contribution in [0.1, 0.15) is 16.7 Å². The van der Waals surface area contributed by atoms with Crippen LogP contribution in [0.5, 0.6) is 0 Å². The second-order valence-electron chi connectivity index (χ2n) is 6.45. The van der Waals surface area contributed by atoms with Crippen molar-refractivity contribution in [3.63, 3.8) is 0 Å². The normalized spacial score (nSPS) is 11.5. The number of nitrogens with one attached hydrogen (secondary N) is 2. The monoisotopic (exact) mass is 368 g/mol. The number of pyridine rings is 1. The average molecular weight is 368 g/mol. The van der Waals surface area contributed by atoms with Crippen LogP contribution in [0, 0.1) is 0 Å². The summed E-state index contributed by atoms with van der Waals surface area (Å²) in [5.41, 5.74) is 10.6. The van der Waals surface area contributed by atoms with E-state index < -0.39 is 5.91 Å². The Morgan fingerprint density at radius 2 is 1.75 bits per heavy atom. The SMILES string of the molecule is NC(=O)/C(=C/c1c[nH]c2nccc(NCc3ccccc3)c12)c1ccccc1. The summed E-state index contributed by atoms with van der Waals surface area (Å²) < 4.78 is 0. The highest BCUT2D eigenvalue weighted by atomic mass is 16.1. The molecule has 0 atom stereocenters. The number of aromatic nitrogens is 2. The summed E-state index contributed by atoms with van der Waals surface area (Å²) in [5, 5.41) is 4.39. The standard InChI is InChI=1S/C23H20N4O/c24-22(28)19(17-9-5-2-6-10-17)13-18-15-27-23-21(18)20(11-12-25-23)26-14-16-7-3-1-4-8-16/h1-13,15H,14H2,(H2,24,28)(H2,25,26,27)/b19-13+. The van der Waals surface area contributed by atoms with Gasteiger partial charge in [-0.05, 0) is 23.3 Å². The van der Waals surface area contributed by atoms with Gasteiger partial charge in [0, 0.05) is 41.1 Å². The minimum atomic E-state index is -0.469. The van der Waals surface area contributed by atoms with Crippen molar-refractivity contribution in [3.8, 4) is 0 Å². The maximum atomic E-state index is 12.1. The van der Waals surface area contributed by atoms with Crippen LogP contribution in [0.25, 0.3) is 22.7 Å². The molecule has 0 aliphatic rings. The van der Waals surface area contributed by atoms with Crippen LogP contribution in [0.15, 0.2) is 79.1 Å². The van der Waals surface area contributed by atoms with Crippen LogP contribution < -0.4 is 11.1 Å². The number of nitrogens with zero attached hydrogens (tertiary/aromatic N) is 1. The zero-order valence-corrected chi connectivity index (χ0v) is 15.2. The van der Waals surface area contributed by atoms with Crippen LogP contribution >= 0.6 is 0 Å². The first-order chi connectivity index (χ1) is 13.7. The fourth-order valence-electron chi connectivity index (χ4n) is 3.21. The number of H-pyrrole nitrogens is 1. The predicted molar refractivity (Wildman–Crippen MR) is 113 cm³/mol. The van der Waals surface area contributed by atoms with Crippen molar-refractivity contribution in [1.82, 2.24) is 9.97 Å². The van der Waals surface area contributed by atoms with Gasteiger partial charge in [0.1, 0.15) is 5.65 Å². The molecule has 5 heteroatoms. The third kappa shape index (κ3) is 3.64. The Morgan fingerprint density at radius 3 is 2.46 bits per heavy atom. The van der Waals surface area contributed by atoms with Crippen molar-refractivity contribution in [3.05, 3.63) is 95.8 Å². The molecule has 4 aromatic rings. The third-order valence-electron chi connectivity index (χ3n) is 4.58. The van der Waals surface area contributed by atoms with E-state index in [2.05, 4.69) is 27.4 Å². The van der Waals surface area contributed by atoms with Crippen molar-refractivity contribution in [2.45, 2.75) is 6.54 Å². The molecule has 4 rings (SSSR count). The number of rotatable bonds is 6. The number of fused-ring (bicyclic) bond motifs is 1. The third-order valence-corrected chi connectivity index (χ3v) is 4.58. The van der Waals surface area contributed by atoms with Gasteiger partial charge >= 0.3 is 0 Å². The van der Waals surface area contributed by atoms with Gasteiger partial charge in [0.05, 0.1) is 0 Å². The van der Waals surface area contributed by atoms with Crippen molar-refractivity contribution < 1.29 is 4.79 Å². The maximum Gasteiger partial charge on any atom is 0.249 e. The van der Waals surface area contributed by atoms with E-state index in [9.17, 15) is 4.79 Å². The van der Waals surface area contributed by atoms with Crippen LogP contribution in [0.3, 0.4) is 0 Å². The summed E-state index contributed by atoms with van der Waals surface area (Å²) >= 11 is 0. The van der Waals surface area contributed by atoms with Crippen LogP contribution in [0.2, 0.25) is 0 Å². The quantitative estimate of drug-likeness (QED) is 0.446. The van der Waals surface area contributed by atoms with E-state index in [0.29, 0.717) is 12.1 Å². The van der Waals surface area contributed by atoms with Gasteiger partial charge in [0.2, 0.25) is 5.91 Å². The van der Waals surface area contributed by atoms with Crippen molar-refractivity contribution >= 4 is 34.3 Å². The van der Waals surface area contributed by atoms with E-state index in [1.165, 1.54) is 5.56 Å². The van der Waals surface area contributed by atoms with Crippen LogP contribution in [-0.2, 0) is 11.3 Å². The number of aromatic amines is 1. The molecule has 1 amide bonds. The molecule has 0 unspecified atom stereocenters. The molecule has 5 nitrogen and oxygen atoms in total. The van der Waals surface area contributed by atoms with E-state index in [4.69, 9.17) is 5.73 Å². The van der Waals surface area contributed by atoms with Gasteiger partial charge in [-0.3, -0.25) is 4.79 Å². The van der Waals surface area contributed by atoms with Gasteiger partial charge < -0.3 is 16.0 Å². The Kier molecular flexibility index (Phi) is 4.89. The highest BCUT2D eigenvalue weighted by Crippen LogP contribution is 2.29. The first-order valence-electron chi connectivity index (χ1n) is 9.03. The summed E-state index contributed by atoms with van der Waals surface area (Å²) in [6, 6.07) is 21.5. The summed E-state index contributed by atoms with van der Waals surface area (Å²) in [7, 11) is 0. The lowest BCUT2D eigenvalue weighted by atomic mass is 10.0. The number of benzene rings is 2. The Balaban J connectivity index is 1.74. The summed E-state index contributed by atoms with van der Waals surface area (Å²) in [5.74, 6) is -0.469. The second-order valence-corrected chi connectivity index (χ2v) is 6.45. The average Bonchev–Trinajstić information content (AvgIpc) is 3.15. The molecule has 0 radical (unpaired) electrons. The molecule has 0 bridgehead atoms. The molecule has 0 aliphatic heterocycles. The molecule has 0 saturated carbocycles. The van der Waals surface area contributed by atoms with Gasteiger partial charge in [-0.15, -0.1) is 0 Å². The smallest absolute Gasteiger partial charge is 0.249 e. The highest BCUT2D eigenvalue weighted by Gasteiger charge is 2.13. The Morgan fingerprint density at radius 1 is 1.04 bits per heavy atom. The number of carbonyl (C=O) groups excluding carboxylic acids is 1. The second kappa shape index (κ2) is 7.80. The molecule has 0 aliphatic carbocycles. The van der Waals surface area contributed by atoms with E-state index in [-0.39, 0.29) is 0 Å². The van der Waals surface area contributed by atoms with E-state index >= 15 is 0 Å². The predicted octanol–water partition coefficient (Wildman–Crippen LogP) is 4.20. The number of hydrogen-bond donors (Lipinski definition) is 3. The van der Waals surface area contributed by atoms with Crippen molar-refractivity contribution in [2.24, 2.45) is 5.73 Å². The lowest BCUT2D eigenvalue weighted by Gasteiger charge is -2.09. The molecule has 0 fully saturated rings. The molecule has 2 aromatic carbocycles. The fourth-order valence-corrected chi connectivity index (χ4v) is 3.21. The molecule has 0 spiro atoms. The van der Waals surface area contributed by atoms with E-state index in [0.717, 1.165) is 27.8 Å². The molecule has 0 saturated heterocycles. The molecule has 28 heavy (non-hydrogen) atoms. The van der Waals surface area contributed by atoms with E-state index in [1.807, 2.05) is 66.9 Å². The van der Waals surface area contributed by atoms with Crippen LogP contribution in [0.4, 0.5) is 5.69 Å². The number of anilines is 1. The van der Waals surface area contributed by atoms with Crippen molar-refractivity contribution in [1.29, 1.82) is 0 Å². The molecular weight excluding hydrogens is 348 g/mol. The first-order valence-corrected chi connectivity index (χ1v) is 9.03. The van der Waals surface area contributed by atoms with Gasteiger partial charge in [-0.1, -0.05) is 60.7 Å². The fraction of sp³-hybridized carbons (Fsp3) is 0.0435. The highest BCUT2D eigenvalue weighted by molar-refractivity contribution is 6.24. The number of carbonyl (C=O) groups is 1. The largest absolute Gasteiger partial charge is 0.380 e. The topological polar surface area (TPSA) is 83.8 Å². The zero-order valence-electron chi connectivity index (χ0n) is 15.2. The Bertz CT molecular complexity index is 1130. The zero-order chi connectivity index (χ0) is 19.3.